The van der Waals surface area contributed by atoms with E-state index in [1.807, 2.05) is 0 Å². The zero-order valence-electron chi connectivity index (χ0n) is 9.39. The third kappa shape index (κ3) is 5.25. The van der Waals surface area contributed by atoms with E-state index in [0.717, 1.165) is 0 Å². The molecule has 0 aliphatic heterocycles. The highest BCUT2D eigenvalue weighted by Crippen LogP contribution is 2.06. The third-order valence-electron chi connectivity index (χ3n) is 2.26. The monoisotopic (exact) mass is 261 g/mol. The minimum atomic E-state index is -3.40. The van der Waals surface area contributed by atoms with Crippen molar-refractivity contribution in [2.24, 2.45) is 0 Å². The fourth-order valence-electron chi connectivity index (χ4n) is 1.31. The number of aliphatic hydroxyl groups is 1. The first-order valence-corrected chi connectivity index (χ1v) is 7.02. The average Bonchev–Trinajstić information content (AvgIpc) is 2.28. The molecule has 0 heterocycles. The molecule has 0 fully saturated rings. The van der Waals surface area contributed by atoms with Crippen LogP contribution < -0.4 is 4.72 Å². The maximum Gasteiger partial charge on any atom is 0.211 e. The van der Waals surface area contributed by atoms with E-state index in [1.54, 1.807) is 12.1 Å². The lowest BCUT2D eigenvalue weighted by molar-refractivity contribution is 0.287. The van der Waals surface area contributed by atoms with Gasteiger partial charge in [-0.05, 0) is 18.9 Å². The fraction of sp³-hybridized carbons (Fsp3) is 0.455. The molecule has 1 rings (SSSR count). The van der Waals surface area contributed by atoms with E-state index in [2.05, 4.69) is 4.72 Å². The summed E-state index contributed by atoms with van der Waals surface area (Å²) in [4.78, 5) is 0. The molecule has 0 saturated carbocycles. The second-order valence-electron chi connectivity index (χ2n) is 3.66. The molecule has 0 saturated heterocycles. The van der Waals surface area contributed by atoms with Gasteiger partial charge in [0.05, 0.1) is 5.75 Å². The van der Waals surface area contributed by atoms with Crippen molar-refractivity contribution >= 4 is 10.0 Å². The van der Waals surface area contributed by atoms with E-state index in [0.29, 0.717) is 18.4 Å². The second kappa shape index (κ2) is 6.68. The van der Waals surface area contributed by atoms with Crippen molar-refractivity contribution < 1.29 is 17.9 Å². The van der Waals surface area contributed by atoms with Crippen molar-refractivity contribution in [1.82, 2.24) is 4.72 Å². The maximum atomic E-state index is 13.2. The predicted octanol–water partition coefficient (Wildman–Crippen LogP) is 1.02. The van der Waals surface area contributed by atoms with Crippen LogP contribution in [0.2, 0.25) is 0 Å². The molecule has 0 radical (unpaired) electrons. The molecule has 6 heteroatoms. The van der Waals surface area contributed by atoms with Crippen molar-refractivity contribution in [3.05, 3.63) is 35.6 Å². The summed E-state index contributed by atoms with van der Waals surface area (Å²) in [6.07, 6.45) is 0.837. The van der Waals surface area contributed by atoms with Crippen molar-refractivity contribution in [2.45, 2.75) is 19.4 Å². The largest absolute Gasteiger partial charge is 0.396 e. The predicted molar refractivity (Wildman–Crippen MR) is 63.3 cm³/mol. The van der Waals surface area contributed by atoms with Gasteiger partial charge in [-0.2, -0.15) is 0 Å². The lowest BCUT2D eigenvalue weighted by Gasteiger charge is -2.06. The van der Waals surface area contributed by atoms with Crippen LogP contribution in [0.1, 0.15) is 18.4 Å². The van der Waals surface area contributed by atoms with Crippen molar-refractivity contribution in [3.63, 3.8) is 0 Å². The van der Waals surface area contributed by atoms with Gasteiger partial charge in [0.2, 0.25) is 10.0 Å². The highest BCUT2D eigenvalue weighted by Gasteiger charge is 2.10. The van der Waals surface area contributed by atoms with Crippen LogP contribution in [0.3, 0.4) is 0 Å². The smallest absolute Gasteiger partial charge is 0.211 e. The van der Waals surface area contributed by atoms with Crippen molar-refractivity contribution in [3.8, 4) is 0 Å². The molecule has 96 valence electrons. The first-order valence-electron chi connectivity index (χ1n) is 5.37. The van der Waals surface area contributed by atoms with Crippen LogP contribution >= 0.6 is 0 Å². The van der Waals surface area contributed by atoms with Crippen LogP contribution in [-0.2, 0) is 16.6 Å². The van der Waals surface area contributed by atoms with Crippen LogP contribution in [0, 0.1) is 5.82 Å². The Morgan fingerprint density at radius 1 is 1.24 bits per heavy atom. The van der Waals surface area contributed by atoms with Gasteiger partial charge >= 0.3 is 0 Å². The fourth-order valence-corrected chi connectivity index (χ4v) is 2.41. The summed E-state index contributed by atoms with van der Waals surface area (Å²) in [6.45, 7) is -0.0725. The molecule has 0 bridgehead atoms. The minimum absolute atomic E-state index is 0.0250. The number of sulfonamides is 1. The minimum Gasteiger partial charge on any atom is -0.396 e. The van der Waals surface area contributed by atoms with E-state index in [1.165, 1.54) is 12.1 Å². The molecule has 0 spiro atoms. The summed E-state index contributed by atoms with van der Waals surface area (Å²) in [5.41, 5.74) is 0.318. The number of unbranched alkanes of at least 4 members (excludes halogenated alkanes) is 1. The quantitative estimate of drug-likeness (QED) is 0.720. The average molecular weight is 261 g/mol. The standard InChI is InChI=1S/C11H16FNO3S/c12-11-6-2-1-5-10(11)9-13-17(15,16)8-4-3-7-14/h1-2,5-6,13-14H,3-4,7-9H2. The Hall–Kier alpha value is -0.980. The van der Waals surface area contributed by atoms with Gasteiger partial charge in [0, 0.05) is 18.7 Å². The van der Waals surface area contributed by atoms with Gasteiger partial charge in [0.25, 0.3) is 0 Å². The molecule has 0 aliphatic rings. The summed E-state index contributed by atoms with van der Waals surface area (Å²) < 4.78 is 38.5. The molecule has 0 aromatic heterocycles. The van der Waals surface area contributed by atoms with Crippen LogP contribution in [0.25, 0.3) is 0 Å². The normalized spacial score (nSPS) is 11.6. The zero-order valence-corrected chi connectivity index (χ0v) is 10.2. The van der Waals surface area contributed by atoms with Crippen LogP contribution in [0.15, 0.2) is 24.3 Å². The van der Waals surface area contributed by atoms with Crippen molar-refractivity contribution in [1.29, 1.82) is 0 Å². The lowest BCUT2D eigenvalue weighted by Crippen LogP contribution is -2.26. The Bertz CT molecular complexity index is 448. The Labute approximate surface area is 101 Å². The summed E-state index contributed by atoms with van der Waals surface area (Å²) in [7, 11) is -3.40. The van der Waals surface area contributed by atoms with Crippen LogP contribution in [-0.4, -0.2) is 25.9 Å². The molecular formula is C11H16FNO3S. The summed E-state index contributed by atoms with van der Waals surface area (Å²) in [5.74, 6) is -0.479. The van der Waals surface area contributed by atoms with E-state index >= 15 is 0 Å². The van der Waals surface area contributed by atoms with Gasteiger partial charge in [-0.25, -0.2) is 17.5 Å². The molecular weight excluding hydrogens is 245 g/mol. The van der Waals surface area contributed by atoms with Crippen LogP contribution in [0.5, 0.6) is 0 Å². The third-order valence-corrected chi connectivity index (χ3v) is 3.67. The van der Waals surface area contributed by atoms with Gasteiger partial charge in [0.1, 0.15) is 5.82 Å². The van der Waals surface area contributed by atoms with Gasteiger partial charge in [-0.15, -0.1) is 0 Å². The molecule has 17 heavy (non-hydrogen) atoms. The Morgan fingerprint density at radius 3 is 2.59 bits per heavy atom. The topological polar surface area (TPSA) is 66.4 Å². The number of benzene rings is 1. The van der Waals surface area contributed by atoms with Gasteiger partial charge in [0.15, 0.2) is 0 Å². The Kier molecular flexibility index (Phi) is 5.54. The maximum absolute atomic E-state index is 13.2. The van der Waals surface area contributed by atoms with Gasteiger partial charge < -0.3 is 5.11 Å². The van der Waals surface area contributed by atoms with E-state index in [4.69, 9.17) is 5.11 Å². The first-order chi connectivity index (χ1) is 8.05. The Balaban J connectivity index is 2.47. The highest BCUT2D eigenvalue weighted by atomic mass is 32.2. The van der Waals surface area contributed by atoms with Gasteiger partial charge in [-0.3, -0.25) is 0 Å². The van der Waals surface area contributed by atoms with Crippen molar-refractivity contribution in [2.75, 3.05) is 12.4 Å². The molecule has 0 amide bonds. The Morgan fingerprint density at radius 2 is 1.94 bits per heavy atom. The number of hydrogen-bond donors (Lipinski definition) is 2. The van der Waals surface area contributed by atoms with Gasteiger partial charge in [-0.1, -0.05) is 18.2 Å². The number of rotatable bonds is 7. The number of nitrogens with one attached hydrogen (secondary N) is 1. The molecule has 4 nitrogen and oxygen atoms in total. The summed E-state index contributed by atoms with van der Waals surface area (Å²) >= 11 is 0. The number of halogens is 1. The summed E-state index contributed by atoms with van der Waals surface area (Å²) in [5, 5.41) is 8.54. The molecule has 0 aliphatic carbocycles. The molecule has 2 N–H and O–H groups in total. The molecule has 0 atom stereocenters. The zero-order chi connectivity index (χ0) is 12.7. The van der Waals surface area contributed by atoms with E-state index in [-0.39, 0.29) is 18.9 Å². The van der Waals surface area contributed by atoms with Crippen LogP contribution in [0.4, 0.5) is 4.39 Å². The SMILES string of the molecule is O=S(=O)(CCCCO)NCc1ccccc1F. The first kappa shape index (κ1) is 14.1. The lowest BCUT2D eigenvalue weighted by atomic mass is 10.2. The number of aliphatic hydroxyl groups excluding tert-OH is 1. The summed E-state index contributed by atoms with van der Waals surface area (Å²) in [6, 6.07) is 6.02. The number of hydrogen-bond acceptors (Lipinski definition) is 3. The van der Waals surface area contributed by atoms with E-state index < -0.39 is 15.8 Å². The van der Waals surface area contributed by atoms with E-state index in [9.17, 15) is 12.8 Å². The molecule has 0 unspecified atom stereocenters. The second-order valence-corrected chi connectivity index (χ2v) is 5.59. The highest BCUT2D eigenvalue weighted by molar-refractivity contribution is 7.89. The molecule has 1 aromatic rings. The molecule has 1 aromatic carbocycles.